The van der Waals surface area contributed by atoms with Crippen LogP contribution >= 0.6 is 0 Å². The molecule has 0 atom stereocenters. The standard InChI is InChI=1S/C14H23NO3.Na/c1-2-3-4-5-6-7-8-9-12-15-13(16)10-11-14(17)18;/h9-12H,2-8H2,1H3,(H,15,16)(H,17,18);/q;+1/p-1/b11-10+,12-9+;. The molecular weight excluding hydrogens is 253 g/mol. The van der Waals surface area contributed by atoms with Crippen LogP contribution in [0.1, 0.15) is 51.9 Å². The Kier molecular flexibility index (Phi) is 16.9. The summed E-state index contributed by atoms with van der Waals surface area (Å²) in [5.74, 6) is -1.69. The summed E-state index contributed by atoms with van der Waals surface area (Å²) in [5, 5.41) is 19.3. The fourth-order valence-electron chi connectivity index (χ4n) is 1.43. The molecule has 1 N–H and O–H groups in total. The predicted molar refractivity (Wildman–Crippen MR) is 71.3 cm³/mol. The van der Waals surface area contributed by atoms with E-state index in [0.29, 0.717) is 0 Å². The van der Waals surface area contributed by atoms with E-state index < -0.39 is 11.9 Å². The normalized spacial score (nSPS) is 11.9. The van der Waals surface area contributed by atoms with Crippen LogP contribution in [-0.2, 0) is 4.79 Å². The topological polar surface area (TPSA) is 72.7 Å². The van der Waals surface area contributed by atoms with Gasteiger partial charge in [-0.25, -0.2) is 4.79 Å². The van der Waals surface area contributed by atoms with E-state index in [2.05, 4.69) is 11.9 Å². The number of carbonyl (C=O) groups is 1. The molecule has 0 aliphatic heterocycles. The van der Waals surface area contributed by atoms with Gasteiger partial charge in [0.15, 0.2) is 0 Å². The molecule has 0 aliphatic carbocycles. The van der Waals surface area contributed by atoms with Crippen LogP contribution in [0.2, 0.25) is 0 Å². The smallest absolute Gasteiger partial charge is 0.859 e. The van der Waals surface area contributed by atoms with E-state index in [4.69, 9.17) is 5.11 Å². The maximum absolute atomic E-state index is 11.0. The minimum absolute atomic E-state index is 0. The summed E-state index contributed by atoms with van der Waals surface area (Å²) in [6, 6.07) is 0. The second kappa shape index (κ2) is 15.5. The number of aliphatic carboxylic acids is 1. The van der Waals surface area contributed by atoms with Crippen LogP contribution in [0.5, 0.6) is 0 Å². The molecule has 0 radical (unpaired) electrons. The monoisotopic (exact) mass is 275 g/mol. The van der Waals surface area contributed by atoms with Gasteiger partial charge in [-0.15, -0.1) is 0 Å². The number of aliphatic imine (C=N–C) groups is 1. The van der Waals surface area contributed by atoms with Gasteiger partial charge in [0.25, 0.3) is 0 Å². The molecule has 0 rings (SSSR count). The Hall–Kier alpha value is -0.580. The minimum Gasteiger partial charge on any atom is -0.859 e. The Morgan fingerprint density at radius 1 is 1.16 bits per heavy atom. The Bertz CT molecular complexity index is 312. The van der Waals surface area contributed by atoms with Crippen molar-refractivity contribution in [3.8, 4) is 0 Å². The van der Waals surface area contributed by atoms with Crippen LogP contribution in [0.3, 0.4) is 0 Å². The van der Waals surface area contributed by atoms with Gasteiger partial charge in [0.2, 0.25) is 0 Å². The van der Waals surface area contributed by atoms with Gasteiger partial charge in [-0.3, -0.25) is 4.99 Å². The van der Waals surface area contributed by atoms with Gasteiger partial charge in [-0.2, -0.15) is 0 Å². The van der Waals surface area contributed by atoms with Crippen LogP contribution in [0, 0.1) is 0 Å². The number of unbranched alkanes of at least 4 members (excludes halogenated alkanes) is 6. The number of hydrogen-bond acceptors (Lipinski definition) is 3. The third-order valence-electron chi connectivity index (χ3n) is 2.40. The van der Waals surface area contributed by atoms with Crippen molar-refractivity contribution in [1.29, 1.82) is 0 Å². The summed E-state index contributed by atoms with van der Waals surface area (Å²) < 4.78 is 0. The average molecular weight is 275 g/mol. The van der Waals surface area contributed by atoms with Crippen molar-refractivity contribution in [2.24, 2.45) is 4.99 Å². The van der Waals surface area contributed by atoms with Crippen molar-refractivity contribution in [1.82, 2.24) is 0 Å². The maximum Gasteiger partial charge on any atom is 1.00 e. The van der Waals surface area contributed by atoms with Gasteiger partial charge in [0.05, 0.1) is 0 Å². The molecule has 102 valence electrons. The molecule has 0 aromatic heterocycles. The van der Waals surface area contributed by atoms with Crippen molar-refractivity contribution >= 4 is 11.9 Å². The third kappa shape index (κ3) is 17.4. The number of hydrogen-bond donors (Lipinski definition) is 1. The van der Waals surface area contributed by atoms with Crippen LogP contribution in [0.25, 0.3) is 0 Å². The van der Waals surface area contributed by atoms with E-state index in [1.54, 1.807) is 0 Å². The number of carboxylic acids is 1. The van der Waals surface area contributed by atoms with Crippen LogP contribution in [0.4, 0.5) is 0 Å². The zero-order valence-electron chi connectivity index (χ0n) is 12.0. The first kappa shape index (κ1) is 20.7. The van der Waals surface area contributed by atoms with E-state index in [1.165, 1.54) is 38.3 Å². The Labute approximate surface area is 137 Å². The van der Waals surface area contributed by atoms with Gasteiger partial charge in [-0.05, 0) is 24.8 Å². The summed E-state index contributed by atoms with van der Waals surface area (Å²) in [6.07, 6.45) is 13.3. The first-order valence-electron chi connectivity index (χ1n) is 6.47. The molecule has 0 aromatic carbocycles. The van der Waals surface area contributed by atoms with Crippen molar-refractivity contribution in [2.75, 3.05) is 0 Å². The minimum atomic E-state index is -1.14. The molecule has 19 heavy (non-hydrogen) atoms. The van der Waals surface area contributed by atoms with E-state index in [9.17, 15) is 9.90 Å². The molecule has 0 aliphatic rings. The fraction of sp³-hybridized carbons (Fsp3) is 0.571. The second-order valence-electron chi connectivity index (χ2n) is 4.08. The number of nitrogens with zero attached hydrogens (tertiary/aromatic N) is 1. The molecule has 0 saturated heterocycles. The van der Waals surface area contributed by atoms with Crippen molar-refractivity contribution < 1.29 is 44.6 Å². The number of allylic oxidation sites excluding steroid dienone is 1. The Morgan fingerprint density at radius 3 is 2.42 bits per heavy atom. The first-order chi connectivity index (χ1) is 8.66. The van der Waals surface area contributed by atoms with Crippen molar-refractivity contribution in [2.45, 2.75) is 51.9 Å². The van der Waals surface area contributed by atoms with Crippen molar-refractivity contribution in [3.63, 3.8) is 0 Å². The second-order valence-corrected chi connectivity index (χ2v) is 4.08. The van der Waals surface area contributed by atoms with Gasteiger partial charge in [0.1, 0.15) is 0 Å². The van der Waals surface area contributed by atoms with E-state index in [1.807, 2.05) is 6.08 Å². The summed E-state index contributed by atoms with van der Waals surface area (Å²) >= 11 is 0. The predicted octanol–water partition coefficient (Wildman–Crippen LogP) is -0.346. The SMILES string of the molecule is CCCCCCCC/C=C/N=C([O-])/C=C/C(=O)O.[Na+]. The number of carboxylic acid groups (broad SMARTS) is 1. The van der Waals surface area contributed by atoms with Crippen molar-refractivity contribution in [3.05, 3.63) is 24.4 Å². The summed E-state index contributed by atoms with van der Waals surface area (Å²) in [5.41, 5.74) is 0. The molecule has 0 spiro atoms. The van der Waals surface area contributed by atoms with Gasteiger partial charge < -0.3 is 10.2 Å². The molecule has 0 amide bonds. The summed E-state index contributed by atoms with van der Waals surface area (Å²) in [6.45, 7) is 2.19. The molecule has 0 aromatic rings. The van der Waals surface area contributed by atoms with Gasteiger partial charge >= 0.3 is 35.5 Å². The van der Waals surface area contributed by atoms with Crippen LogP contribution in [-0.4, -0.2) is 17.0 Å². The molecule has 0 fully saturated rings. The average Bonchev–Trinajstić information content (AvgIpc) is 2.34. The summed E-state index contributed by atoms with van der Waals surface area (Å²) in [4.78, 5) is 13.7. The van der Waals surface area contributed by atoms with Gasteiger partial charge in [-0.1, -0.05) is 45.1 Å². The largest absolute Gasteiger partial charge is 1.00 e. The molecule has 5 heteroatoms. The van der Waals surface area contributed by atoms with Crippen LogP contribution < -0.4 is 34.7 Å². The molecule has 0 heterocycles. The van der Waals surface area contributed by atoms with Gasteiger partial charge in [0, 0.05) is 12.3 Å². The van der Waals surface area contributed by atoms with E-state index in [-0.39, 0.29) is 29.6 Å². The van der Waals surface area contributed by atoms with Crippen LogP contribution in [0.15, 0.2) is 29.4 Å². The Morgan fingerprint density at radius 2 is 1.79 bits per heavy atom. The molecular formula is C14H22NNaO3. The zero-order valence-corrected chi connectivity index (χ0v) is 14.0. The maximum atomic E-state index is 11.0. The fourth-order valence-corrected chi connectivity index (χ4v) is 1.43. The zero-order chi connectivity index (χ0) is 13.6. The third-order valence-corrected chi connectivity index (χ3v) is 2.40. The molecule has 4 nitrogen and oxygen atoms in total. The van der Waals surface area contributed by atoms with E-state index >= 15 is 0 Å². The molecule has 0 saturated carbocycles. The first-order valence-corrected chi connectivity index (χ1v) is 6.47. The quantitative estimate of drug-likeness (QED) is 0.195. The molecule has 0 bridgehead atoms. The Balaban J connectivity index is 0. The molecule has 0 unspecified atom stereocenters. The summed E-state index contributed by atoms with van der Waals surface area (Å²) in [7, 11) is 0. The number of rotatable bonds is 10. The van der Waals surface area contributed by atoms with E-state index in [0.717, 1.165) is 25.0 Å².